The van der Waals surface area contributed by atoms with E-state index in [2.05, 4.69) is 29.1 Å². The van der Waals surface area contributed by atoms with E-state index in [0.717, 1.165) is 27.5 Å². The minimum absolute atomic E-state index is 0.118. The second-order valence-corrected chi connectivity index (χ2v) is 9.30. The van der Waals surface area contributed by atoms with Crippen LogP contribution in [0.1, 0.15) is 32.3 Å². The van der Waals surface area contributed by atoms with Gasteiger partial charge in [-0.05, 0) is 30.4 Å². The zero-order chi connectivity index (χ0) is 20.1. The third-order valence-electron chi connectivity index (χ3n) is 4.14. The summed E-state index contributed by atoms with van der Waals surface area (Å²) in [6.07, 6.45) is 1.59. The second kappa shape index (κ2) is 9.73. The number of nitrogens with zero attached hydrogens (tertiary/aromatic N) is 3. The summed E-state index contributed by atoms with van der Waals surface area (Å²) in [4.78, 5) is 13.6. The molecular formula is C19H24ClN5OS2. The van der Waals surface area contributed by atoms with Crippen LogP contribution < -0.4 is 11.1 Å². The number of hydrogen-bond donors (Lipinski definition) is 3. The predicted octanol–water partition coefficient (Wildman–Crippen LogP) is 4.82. The summed E-state index contributed by atoms with van der Waals surface area (Å²) >= 11 is 9.13. The van der Waals surface area contributed by atoms with Crippen LogP contribution in [-0.2, 0) is 5.75 Å². The van der Waals surface area contributed by atoms with Crippen molar-refractivity contribution in [3.63, 3.8) is 0 Å². The van der Waals surface area contributed by atoms with E-state index in [1.54, 1.807) is 0 Å². The topological polar surface area (TPSA) is 97.0 Å². The first-order chi connectivity index (χ1) is 13.5. The molecule has 4 N–H and O–H groups in total. The van der Waals surface area contributed by atoms with Gasteiger partial charge in [0.1, 0.15) is 4.70 Å². The molecule has 3 aromatic rings. The van der Waals surface area contributed by atoms with E-state index in [9.17, 15) is 5.11 Å². The molecule has 1 atom stereocenters. The summed E-state index contributed by atoms with van der Waals surface area (Å²) in [6, 6.07) is 7.86. The van der Waals surface area contributed by atoms with Gasteiger partial charge in [-0.1, -0.05) is 66.7 Å². The van der Waals surface area contributed by atoms with Gasteiger partial charge in [-0.25, -0.2) is 15.0 Å². The first-order valence-corrected chi connectivity index (χ1v) is 11.3. The van der Waals surface area contributed by atoms with Crippen LogP contribution in [0.2, 0.25) is 5.02 Å². The Bertz CT molecular complexity index is 934. The highest BCUT2D eigenvalue weighted by Crippen LogP contribution is 2.33. The molecule has 150 valence electrons. The van der Waals surface area contributed by atoms with Gasteiger partial charge in [0.15, 0.2) is 21.8 Å². The first kappa shape index (κ1) is 21.1. The zero-order valence-electron chi connectivity index (χ0n) is 15.9. The van der Waals surface area contributed by atoms with E-state index in [-0.39, 0.29) is 12.6 Å². The summed E-state index contributed by atoms with van der Waals surface area (Å²) in [5, 5.41) is 14.7. The Balaban J connectivity index is 1.87. The monoisotopic (exact) mass is 437 g/mol. The van der Waals surface area contributed by atoms with Crippen molar-refractivity contribution in [2.24, 2.45) is 5.92 Å². The van der Waals surface area contributed by atoms with Crippen LogP contribution in [0.3, 0.4) is 0 Å². The van der Waals surface area contributed by atoms with Gasteiger partial charge in [-0.15, -0.1) is 0 Å². The van der Waals surface area contributed by atoms with E-state index in [0.29, 0.717) is 34.0 Å². The third-order valence-corrected chi connectivity index (χ3v) is 6.28. The molecule has 0 radical (unpaired) electrons. The summed E-state index contributed by atoms with van der Waals surface area (Å²) in [5.41, 5.74) is 7.53. The number of aliphatic hydroxyl groups excluding tert-OH is 1. The number of nitrogens with two attached hydrogens (primary N) is 1. The van der Waals surface area contributed by atoms with Crippen molar-refractivity contribution in [1.82, 2.24) is 15.0 Å². The standard InChI is InChI=1S/C19H24ClN5OS2/c1-11(2)9-13(7-8-26)22-16-15-17(23-18(21)28-15)25-19(24-16)27-10-12-5-3-4-6-14(12)20/h3-6,11,13,26H,7-10H2,1-2H3,(H3,21,22,23,24,25)/t13-/m0/s1. The summed E-state index contributed by atoms with van der Waals surface area (Å²) in [7, 11) is 0. The zero-order valence-corrected chi connectivity index (χ0v) is 18.2. The minimum Gasteiger partial charge on any atom is -0.396 e. The van der Waals surface area contributed by atoms with Crippen molar-refractivity contribution in [2.45, 2.75) is 43.6 Å². The second-order valence-electron chi connectivity index (χ2n) is 6.92. The van der Waals surface area contributed by atoms with Crippen LogP contribution in [-0.4, -0.2) is 32.7 Å². The number of thiazole rings is 1. The molecule has 0 amide bonds. The van der Waals surface area contributed by atoms with Gasteiger partial charge < -0.3 is 16.2 Å². The molecule has 0 unspecified atom stereocenters. The summed E-state index contributed by atoms with van der Waals surface area (Å²) in [6.45, 7) is 4.45. The molecule has 0 aliphatic heterocycles. The molecule has 0 spiro atoms. The lowest BCUT2D eigenvalue weighted by molar-refractivity contribution is 0.272. The molecule has 3 rings (SSSR count). The van der Waals surface area contributed by atoms with Crippen molar-refractivity contribution < 1.29 is 5.11 Å². The fourth-order valence-electron chi connectivity index (χ4n) is 2.91. The Kier molecular flexibility index (Phi) is 7.34. The Morgan fingerprint density at radius 2 is 2.04 bits per heavy atom. The number of nitrogens with one attached hydrogen (secondary N) is 1. The predicted molar refractivity (Wildman–Crippen MR) is 119 cm³/mol. The molecule has 2 heterocycles. The SMILES string of the molecule is CC(C)C[C@H](CCO)Nc1nc(SCc2ccccc2Cl)nc2nc(N)sc12. The molecule has 0 aliphatic rings. The van der Waals surface area contributed by atoms with Crippen molar-refractivity contribution in [1.29, 1.82) is 0 Å². The number of rotatable bonds is 9. The number of halogens is 1. The molecule has 0 fully saturated rings. The molecule has 9 heteroatoms. The quantitative estimate of drug-likeness (QED) is 0.326. The first-order valence-electron chi connectivity index (χ1n) is 9.14. The van der Waals surface area contributed by atoms with Gasteiger partial charge >= 0.3 is 0 Å². The maximum absolute atomic E-state index is 9.42. The number of aromatic nitrogens is 3. The van der Waals surface area contributed by atoms with Crippen LogP contribution >= 0.6 is 34.7 Å². The molecule has 0 saturated heterocycles. The van der Waals surface area contributed by atoms with E-state index in [4.69, 9.17) is 22.3 Å². The molecule has 6 nitrogen and oxygen atoms in total. The highest BCUT2D eigenvalue weighted by molar-refractivity contribution is 7.98. The fraction of sp³-hybridized carbons (Fsp3) is 0.421. The van der Waals surface area contributed by atoms with Crippen LogP contribution in [0.25, 0.3) is 10.3 Å². The summed E-state index contributed by atoms with van der Waals surface area (Å²) in [5.74, 6) is 1.89. The van der Waals surface area contributed by atoms with Gasteiger partial charge in [0, 0.05) is 23.4 Å². The summed E-state index contributed by atoms with van der Waals surface area (Å²) < 4.78 is 0.839. The highest BCUT2D eigenvalue weighted by Gasteiger charge is 2.17. The van der Waals surface area contributed by atoms with Gasteiger partial charge in [-0.3, -0.25) is 0 Å². The number of thioether (sulfide) groups is 1. The molecular weight excluding hydrogens is 414 g/mol. The largest absolute Gasteiger partial charge is 0.396 e. The Morgan fingerprint density at radius 3 is 2.75 bits per heavy atom. The maximum Gasteiger partial charge on any atom is 0.191 e. The Labute approximate surface area is 177 Å². The van der Waals surface area contributed by atoms with Gasteiger partial charge in [0.05, 0.1) is 0 Å². The maximum atomic E-state index is 9.42. The number of fused-ring (bicyclic) bond motifs is 1. The Morgan fingerprint density at radius 1 is 1.25 bits per heavy atom. The lowest BCUT2D eigenvalue weighted by Gasteiger charge is -2.20. The van der Waals surface area contributed by atoms with Crippen LogP contribution in [0, 0.1) is 5.92 Å². The molecule has 28 heavy (non-hydrogen) atoms. The number of hydrogen-bond acceptors (Lipinski definition) is 8. The third kappa shape index (κ3) is 5.47. The number of anilines is 2. The van der Waals surface area contributed by atoms with Gasteiger partial charge in [0.2, 0.25) is 0 Å². The fourth-order valence-corrected chi connectivity index (χ4v) is 4.76. The molecule has 0 saturated carbocycles. The highest BCUT2D eigenvalue weighted by atomic mass is 35.5. The molecule has 0 aliphatic carbocycles. The number of nitrogen functional groups attached to an aromatic ring is 1. The average Bonchev–Trinajstić information content (AvgIpc) is 3.01. The van der Waals surface area contributed by atoms with E-state index < -0.39 is 0 Å². The van der Waals surface area contributed by atoms with Crippen molar-refractivity contribution in [3.8, 4) is 0 Å². The van der Waals surface area contributed by atoms with Crippen LogP contribution in [0.15, 0.2) is 29.4 Å². The Hall–Kier alpha value is -1.61. The van der Waals surface area contributed by atoms with Gasteiger partial charge in [0.25, 0.3) is 0 Å². The van der Waals surface area contributed by atoms with E-state index in [1.165, 1.54) is 23.1 Å². The average molecular weight is 438 g/mol. The van der Waals surface area contributed by atoms with E-state index >= 15 is 0 Å². The molecule has 2 aromatic heterocycles. The van der Waals surface area contributed by atoms with Crippen molar-refractivity contribution in [3.05, 3.63) is 34.9 Å². The van der Waals surface area contributed by atoms with E-state index in [1.807, 2.05) is 24.3 Å². The number of aliphatic hydroxyl groups is 1. The number of benzene rings is 1. The van der Waals surface area contributed by atoms with Crippen LogP contribution in [0.5, 0.6) is 0 Å². The van der Waals surface area contributed by atoms with Crippen molar-refractivity contribution in [2.75, 3.05) is 17.7 Å². The van der Waals surface area contributed by atoms with Gasteiger partial charge in [-0.2, -0.15) is 0 Å². The smallest absolute Gasteiger partial charge is 0.191 e. The normalized spacial score (nSPS) is 12.6. The van der Waals surface area contributed by atoms with Crippen molar-refractivity contribution >= 4 is 56.0 Å². The lowest BCUT2D eigenvalue weighted by Crippen LogP contribution is -2.23. The molecule has 0 bridgehead atoms. The van der Waals surface area contributed by atoms with Crippen LogP contribution in [0.4, 0.5) is 10.9 Å². The lowest BCUT2D eigenvalue weighted by atomic mass is 10.0. The minimum atomic E-state index is 0.118. The molecule has 1 aromatic carbocycles.